The quantitative estimate of drug-likeness (QED) is 0.382. The van der Waals surface area contributed by atoms with Crippen LogP contribution in [-0.2, 0) is 14.8 Å². The van der Waals surface area contributed by atoms with Crippen molar-refractivity contribution in [2.75, 3.05) is 42.3 Å². The number of halogens is 2. The van der Waals surface area contributed by atoms with Crippen LogP contribution in [0.5, 0.6) is 0 Å². The predicted molar refractivity (Wildman–Crippen MR) is 151 cm³/mol. The summed E-state index contributed by atoms with van der Waals surface area (Å²) in [5.41, 5.74) is 0.914. The van der Waals surface area contributed by atoms with Crippen LogP contribution in [0, 0.1) is 5.92 Å². The van der Waals surface area contributed by atoms with Gasteiger partial charge in [0.25, 0.3) is 6.43 Å². The number of anilines is 2. The number of nitrogens with zero attached hydrogens (tertiary/aromatic N) is 6. The number of hydrogen-bond acceptors (Lipinski definition) is 9. The van der Waals surface area contributed by atoms with E-state index in [1.54, 1.807) is 24.3 Å². The molecule has 3 fully saturated rings. The van der Waals surface area contributed by atoms with Gasteiger partial charge in [-0.2, -0.15) is 15.0 Å². The minimum atomic E-state index is -3.31. The Balaban J connectivity index is 1.21. The van der Waals surface area contributed by atoms with Crippen molar-refractivity contribution in [3.63, 3.8) is 0 Å². The Labute approximate surface area is 238 Å². The summed E-state index contributed by atoms with van der Waals surface area (Å²) < 4.78 is 63.3. The SMILES string of the molecule is O=S(=O)(CC1CCCC1)NC1CCC(Nc2nc(N3CCOCC3)nc(-n3c(C(F)F)nc4ccccc43)n2)CC1. The van der Waals surface area contributed by atoms with Crippen LogP contribution < -0.4 is 14.9 Å². The highest BCUT2D eigenvalue weighted by molar-refractivity contribution is 7.89. The van der Waals surface area contributed by atoms with Gasteiger partial charge in [-0.1, -0.05) is 25.0 Å². The number of fused-ring (bicyclic) bond motifs is 1. The zero-order chi connectivity index (χ0) is 28.4. The third kappa shape index (κ3) is 6.59. The molecule has 222 valence electrons. The van der Waals surface area contributed by atoms with Gasteiger partial charge in [-0.3, -0.25) is 4.57 Å². The van der Waals surface area contributed by atoms with Crippen LogP contribution in [0.2, 0.25) is 0 Å². The summed E-state index contributed by atoms with van der Waals surface area (Å²) in [6, 6.07) is 6.82. The number of ether oxygens (including phenoxy) is 1. The molecule has 41 heavy (non-hydrogen) atoms. The molecule has 6 rings (SSSR count). The molecule has 0 radical (unpaired) electrons. The Bertz CT molecular complexity index is 1450. The van der Waals surface area contributed by atoms with Gasteiger partial charge in [0.05, 0.1) is 30.0 Å². The van der Waals surface area contributed by atoms with Crippen LogP contribution in [0.15, 0.2) is 24.3 Å². The smallest absolute Gasteiger partial charge is 0.296 e. The fourth-order valence-electron chi connectivity index (χ4n) is 6.15. The molecular weight excluding hydrogens is 554 g/mol. The second kappa shape index (κ2) is 12.1. The van der Waals surface area contributed by atoms with E-state index in [2.05, 4.69) is 30.0 Å². The van der Waals surface area contributed by atoms with Crippen molar-refractivity contribution in [1.82, 2.24) is 29.2 Å². The first-order chi connectivity index (χ1) is 19.8. The van der Waals surface area contributed by atoms with Crippen molar-refractivity contribution in [3.8, 4) is 5.95 Å². The van der Waals surface area contributed by atoms with Crippen molar-refractivity contribution in [3.05, 3.63) is 30.1 Å². The normalized spacial score (nSPS) is 22.6. The number of hydrogen-bond donors (Lipinski definition) is 2. The fraction of sp³-hybridized carbons (Fsp3) is 0.630. The van der Waals surface area contributed by atoms with Crippen molar-refractivity contribution in [2.24, 2.45) is 5.92 Å². The molecule has 1 aromatic carbocycles. The van der Waals surface area contributed by atoms with E-state index in [1.807, 2.05) is 4.90 Å². The first-order valence-corrected chi connectivity index (χ1v) is 16.1. The molecule has 3 aliphatic rings. The number of aromatic nitrogens is 5. The Hall–Kier alpha value is -2.97. The van der Waals surface area contributed by atoms with Crippen LogP contribution in [-0.4, -0.2) is 77.1 Å². The van der Waals surface area contributed by atoms with Crippen LogP contribution in [0.25, 0.3) is 17.0 Å². The summed E-state index contributed by atoms with van der Waals surface area (Å²) >= 11 is 0. The second-order valence-electron chi connectivity index (χ2n) is 11.2. The summed E-state index contributed by atoms with van der Waals surface area (Å²) in [6.45, 7) is 2.17. The Morgan fingerprint density at radius 3 is 2.32 bits per heavy atom. The highest BCUT2D eigenvalue weighted by Crippen LogP contribution is 2.29. The summed E-state index contributed by atoms with van der Waals surface area (Å²) in [7, 11) is -3.31. The molecule has 1 saturated heterocycles. The average Bonchev–Trinajstić information content (AvgIpc) is 3.62. The molecule has 14 heteroatoms. The van der Waals surface area contributed by atoms with E-state index in [-0.39, 0.29) is 29.7 Å². The van der Waals surface area contributed by atoms with E-state index in [0.717, 1.165) is 38.5 Å². The van der Waals surface area contributed by atoms with Gasteiger partial charge >= 0.3 is 0 Å². The molecule has 2 aliphatic carbocycles. The van der Waals surface area contributed by atoms with Crippen molar-refractivity contribution < 1.29 is 21.9 Å². The molecule has 0 atom stereocenters. The van der Waals surface area contributed by atoms with Gasteiger partial charge < -0.3 is 15.0 Å². The maximum atomic E-state index is 14.1. The molecule has 2 saturated carbocycles. The zero-order valence-electron chi connectivity index (χ0n) is 22.9. The van der Waals surface area contributed by atoms with Gasteiger partial charge in [-0.05, 0) is 56.6 Å². The summed E-state index contributed by atoms with van der Waals surface area (Å²) in [4.78, 5) is 19.9. The van der Waals surface area contributed by atoms with Crippen LogP contribution >= 0.6 is 0 Å². The summed E-state index contributed by atoms with van der Waals surface area (Å²) in [5, 5.41) is 3.38. The minimum Gasteiger partial charge on any atom is -0.378 e. The summed E-state index contributed by atoms with van der Waals surface area (Å²) in [5.74, 6) is 0.796. The van der Waals surface area contributed by atoms with Crippen molar-refractivity contribution in [1.29, 1.82) is 0 Å². The standard InChI is InChI=1S/C27H36F2N8O3S/c28-23(29)24-31-21-7-3-4-8-22(21)37(24)27-33-25(32-26(34-27)36-13-15-40-16-14-36)30-19-9-11-20(12-10-19)35-41(38,39)17-18-5-1-2-6-18/h3-4,7-8,18-20,23,35H,1-2,5-6,9-17H2,(H,30,32,33,34). The molecule has 1 aliphatic heterocycles. The van der Waals surface area contributed by atoms with Crippen molar-refractivity contribution in [2.45, 2.75) is 69.9 Å². The van der Waals surface area contributed by atoms with Gasteiger partial charge in [-0.15, -0.1) is 0 Å². The van der Waals surface area contributed by atoms with Gasteiger partial charge in [0.15, 0.2) is 5.82 Å². The largest absolute Gasteiger partial charge is 0.378 e. The number of morpholine rings is 1. The second-order valence-corrected chi connectivity index (χ2v) is 13.0. The molecule has 0 unspecified atom stereocenters. The van der Waals surface area contributed by atoms with Crippen LogP contribution in [0.1, 0.15) is 63.6 Å². The molecule has 2 N–H and O–H groups in total. The highest BCUT2D eigenvalue weighted by Gasteiger charge is 2.29. The van der Waals surface area contributed by atoms with Crippen LogP contribution in [0.3, 0.4) is 0 Å². The lowest BCUT2D eigenvalue weighted by Crippen LogP contribution is -2.42. The van der Waals surface area contributed by atoms with E-state index in [0.29, 0.717) is 62.1 Å². The first kappa shape index (κ1) is 28.2. The van der Waals surface area contributed by atoms with E-state index in [1.165, 1.54) is 4.57 Å². The summed E-state index contributed by atoms with van der Waals surface area (Å²) in [6.07, 6.45) is 4.22. The first-order valence-electron chi connectivity index (χ1n) is 14.5. The molecule has 3 aromatic rings. The highest BCUT2D eigenvalue weighted by atomic mass is 32.2. The maximum Gasteiger partial charge on any atom is 0.296 e. The average molecular weight is 591 g/mol. The number of sulfonamides is 1. The number of alkyl halides is 2. The van der Waals surface area contributed by atoms with Gasteiger partial charge in [0, 0.05) is 25.2 Å². The Morgan fingerprint density at radius 1 is 0.902 bits per heavy atom. The number of imidazole rings is 1. The maximum absolute atomic E-state index is 14.1. The molecule has 0 amide bonds. The third-order valence-corrected chi connectivity index (χ3v) is 9.83. The number of nitrogens with one attached hydrogen (secondary N) is 2. The van der Waals surface area contributed by atoms with Gasteiger partial charge in [0.1, 0.15) is 0 Å². The van der Waals surface area contributed by atoms with E-state index in [4.69, 9.17) is 4.74 Å². The molecule has 0 bridgehead atoms. The van der Waals surface area contributed by atoms with Crippen molar-refractivity contribution >= 4 is 33.0 Å². The number of benzene rings is 1. The van der Waals surface area contributed by atoms with E-state index >= 15 is 0 Å². The van der Waals surface area contributed by atoms with Gasteiger partial charge in [0.2, 0.25) is 27.9 Å². The Kier molecular flexibility index (Phi) is 8.31. The monoisotopic (exact) mass is 590 g/mol. The third-order valence-electron chi connectivity index (χ3n) is 8.22. The molecule has 0 spiro atoms. The number of para-hydroxylation sites is 2. The van der Waals surface area contributed by atoms with Crippen LogP contribution in [0.4, 0.5) is 20.7 Å². The van der Waals surface area contributed by atoms with Gasteiger partial charge in [-0.25, -0.2) is 26.9 Å². The molecule has 11 nitrogen and oxygen atoms in total. The Morgan fingerprint density at radius 2 is 1.59 bits per heavy atom. The van der Waals surface area contributed by atoms with E-state index < -0.39 is 22.3 Å². The molecule has 3 heterocycles. The topological polar surface area (TPSA) is 127 Å². The fourth-order valence-corrected chi connectivity index (χ4v) is 7.95. The number of rotatable bonds is 9. The predicted octanol–water partition coefficient (Wildman–Crippen LogP) is 3.82. The lowest BCUT2D eigenvalue weighted by Gasteiger charge is -2.30. The lowest BCUT2D eigenvalue weighted by atomic mass is 9.92. The zero-order valence-corrected chi connectivity index (χ0v) is 23.7. The minimum absolute atomic E-state index is 0.00692. The molecular formula is C27H36F2N8O3S. The molecule has 2 aromatic heterocycles. The lowest BCUT2D eigenvalue weighted by molar-refractivity contribution is 0.122. The van der Waals surface area contributed by atoms with E-state index in [9.17, 15) is 17.2 Å².